The summed E-state index contributed by atoms with van der Waals surface area (Å²) in [5.41, 5.74) is 7.67. The molecule has 24 heavy (non-hydrogen) atoms. The third-order valence-corrected chi connectivity index (χ3v) is 4.63. The smallest absolute Gasteiger partial charge is 0.318 e. The van der Waals surface area contributed by atoms with Gasteiger partial charge in [0.15, 0.2) is 0 Å². The summed E-state index contributed by atoms with van der Waals surface area (Å²) in [6, 6.07) is 7.66. The molecule has 1 unspecified atom stereocenters. The first kappa shape index (κ1) is 18.4. The van der Waals surface area contributed by atoms with Crippen molar-refractivity contribution in [1.82, 2.24) is 15.1 Å². The summed E-state index contributed by atoms with van der Waals surface area (Å²) >= 11 is 0. The second kappa shape index (κ2) is 8.26. The molecule has 1 fully saturated rings. The Bertz CT molecular complexity index is 563. The van der Waals surface area contributed by atoms with Crippen LogP contribution in [0.5, 0.6) is 0 Å². The molecule has 3 amide bonds. The van der Waals surface area contributed by atoms with E-state index >= 15 is 0 Å². The number of rotatable bonds is 5. The number of piperazine rings is 1. The van der Waals surface area contributed by atoms with Crippen molar-refractivity contribution in [2.24, 2.45) is 5.73 Å². The molecule has 1 aromatic carbocycles. The van der Waals surface area contributed by atoms with Crippen LogP contribution in [0.15, 0.2) is 24.3 Å². The summed E-state index contributed by atoms with van der Waals surface area (Å²) in [6.07, 6.45) is 0. The van der Waals surface area contributed by atoms with E-state index in [-0.39, 0.29) is 11.9 Å². The number of nitrogens with zero attached hydrogens (tertiary/aromatic N) is 2. The molecule has 0 aromatic heterocycles. The molecule has 1 aliphatic rings. The Labute approximate surface area is 144 Å². The lowest BCUT2D eigenvalue weighted by molar-refractivity contribution is -0.125. The molecule has 2 rings (SSSR count). The van der Waals surface area contributed by atoms with Gasteiger partial charge in [0, 0.05) is 32.7 Å². The third kappa shape index (κ3) is 5.04. The van der Waals surface area contributed by atoms with E-state index < -0.39 is 6.03 Å². The monoisotopic (exact) mass is 332 g/mol. The quantitative estimate of drug-likeness (QED) is 0.857. The average molecular weight is 332 g/mol. The van der Waals surface area contributed by atoms with Crippen LogP contribution >= 0.6 is 0 Å². The van der Waals surface area contributed by atoms with Crippen molar-refractivity contribution >= 4 is 11.9 Å². The summed E-state index contributed by atoms with van der Waals surface area (Å²) in [6.45, 7) is 10.5. The van der Waals surface area contributed by atoms with Crippen molar-refractivity contribution in [3.05, 3.63) is 35.4 Å². The highest BCUT2D eigenvalue weighted by Crippen LogP contribution is 2.16. The van der Waals surface area contributed by atoms with Crippen molar-refractivity contribution in [2.45, 2.75) is 39.3 Å². The maximum Gasteiger partial charge on any atom is 0.318 e. The number of nitrogens with two attached hydrogens (primary N) is 1. The van der Waals surface area contributed by atoms with Crippen molar-refractivity contribution in [3.8, 4) is 0 Å². The van der Waals surface area contributed by atoms with Crippen molar-refractivity contribution < 1.29 is 9.59 Å². The predicted molar refractivity (Wildman–Crippen MR) is 94.6 cm³/mol. The van der Waals surface area contributed by atoms with Gasteiger partial charge in [-0.15, -0.1) is 0 Å². The maximum atomic E-state index is 11.8. The Hall–Kier alpha value is -1.92. The van der Waals surface area contributed by atoms with E-state index in [9.17, 15) is 9.59 Å². The number of amides is 3. The summed E-state index contributed by atoms with van der Waals surface area (Å²) in [5, 5.41) is 2.15. The van der Waals surface area contributed by atoms with Crippen molar-refractivity contribution in [1.29, 1.82) is 0 Å². The molecule has 1 aliphatic heterocycles. The molecule has 1 heterocycles. The normalized spacial score (nSPS) is 17.7. The van der Waals surface area contributed by atoms with E-state index in [1.165, 1.54) is 11.1 Å². The number of imide groups is 1. The molecule has 0 bridgehead atoms. The lowest BCUT2D eigenvalue weighted by Gasteiger charge is -2.37. The molecule has 0 spiro atoms. The number of hydrogen-bond acceptors (Lipinski definition) is 4. The summed E-state index contributed by atoms with van der Waals surface area (Å²) in [5.74, 6) is 0.218. The van der Waals surface area contributed by atoms with E-state index in [0.29, 0.717) is 5.92 Å². The molecule has 0 aliphatic carbocycles. The predicted octanol–water partition coefficient (Wildman–Crippen LogP) is 1.51. The number of carbonyl (C=O) groups is 2. The lowest BCUT2D eigenvalue weighted by atomic mass is 10.0. The van der Waals surface area contributed by atoms with Crippen molar-refractivity contribution in [2.75, 3.05) is 26.2 Å². The van der Waals surface area contributed by atoms with Gasteiger partial charge < -0.3 is 5.73 Å². The minimum Gasteiger partial charge on any atom is -0.351 e. The second-order valence-corrected chi connectivity index (χ2v) is 6.74. The Morgan fingerprint density at radius 1 is 1.08 bits per heavy atom. The SMILES string of the molecule is CC(C)c1ccc(CN2CCN(C(C)C(=O)NC(N)=O)CC2)cc1. The van der Waals surface area contributed by atoms with Crippen LogP contribution in [0.2, 0.25) is 0 Å². The summed E-state index contributed by atoms with van der Waals surface area (Å²) in [4.78, 5) is 27.1. The highest BCUT2D eigenvalue weighted by molar-refractivity contribution is 5.96. The van der Waals surface area contributed by atoms with Crippen LogP contribution in [0.4, 0.5) is 4.79 Å². The van der Waals surface area contributed by atoms with Gasteiger partial charge in [-0.25, -0.2) is 4.79 Å². The first-order valence-electron chi connectivity index (χ1n) is 8.52. The van der Waals surface area contributed by atoms with Crippen LogP contribution < -0.4 is 11.1 Å². The Balaban J connectivity index is 1.82. The number of primary amides is 1. The average Bonchev–Trinajstić information content (AvgIpc) is 2.54. The highest BCUT2D eigenvalue weighted by Gasteiger charge is 2.26. The van der Waals surface area contributed by atoms with Gasteiger partial charge in [0.05, 0.1) is 6.04 Å². The zero-order chi connectivity index (χ0) is 17.7. The van der Waals surface area contributed by atoms with E-state index in [2.05, 4.69) is 53.2 Å². The summed E-state index contributed by atoms with van der Waals surface area (Å²) < 4.78 is 0. The molecule has 6 heteroatoms. The van der Waals surface area contributed by atoms with Crippen LogP contribution in [-0.4, -0.2) is 54.0 Å². The Morgan fingerprint density at radius 3 is 2.17 bits per heavy atom. The van der Waals surface area contributed by atoms with Crippen LogP contribution in [0.25, 0.3) is 0 Å². The van der Waals surface area contributed by atoms with Gasteiger partial charge in [-0.05, 0) is 24.0 Å². The van der Waals surface area contributed by atoms with E-state index in [4.69, 9.17) is 5.73 Å². The third-order valence-electron chi connectivity index (χ3n) is 4.63. The van der Waals surface area contributed by atoms with Crippen LogP contribution in [-0.2, 0) is 11.3 Å². The van der Waals surface area contributed by atoms with E-state index in [1.807, 2.05) is 0 Å². The molecule has 0 radical (unpaired) electrons. The van der Waals surface area contributed by atoms with Gasteiger partial charge >= 0.3 is 6.03 Å². The molecule has 1 aromatic rings. The maximum absolute atomic E-state index is 11.8. The number of benzene rings is 1. The van der Waals surface area contributed by atoms with Gasteiger partial charge in [0.2, 0.25) is 5.91 Å². The lowest BCUT2D eigenvalue weighted by Crippen LogP contribution is -2.54. The molecule has 0 saturated carbocycles. The fourth-order valence-electron chi connectivity index (χ4n) is 2.97. The highest BCUT2D eigenvalue weighted by atomic mass is 16.2. The fraction of sp³-hybridized carbons (Fsp3) is 0.556. The number of hydrogen-bond donors (Lipinski definition) is 2. The first-order valence-corrected chi connectivity index (χ1v) is 8.52. The minimum absolute atomic E-state index is 0.333. The molecule has 132 valence electrons. The molecule has 3 N–H and O–H groups in total. The fourth-order valence-corrected chi connectivity index (χ4v) is 2.97. The minimum atomic E-state index is -0.796. The first-order chi connectivity index (χ1) is 11.4. The molecule has 1 atom stereocenters. The van der Waals surface area contributed by atoms with Gasteiger partial charge in [0.25, 0.3) is 0 Å². The Morgan fingerprint density at radius 2 is 1.67 bits per heavy atom. The van der Waals surface area contributed by atoms with Gasteiger partial charge in [-0.1, -0.05) is 38.1 Å². The van der Waals surface area contributed by atoms with Gasteiger partial charge in [-0.3, -0.25) is 19.9 Å². The van der Waals surface area contributed by atoms with Crippen LogP contribution in [0, 0.1) is 0 Å². The van der Waals surface area contributed by atoms with Crippen LogP contribution in [0.1, 0.15) is 37.8 Å². The number of carbonyl (C=O) groups excluding carboxylic acids is 2. The second-order valence-electron chi connectivity index (χ2n) is 6.74. The molecular formula is C18H28N4O2. The van der Waals surface area contributed by atoms with Crippen LogP contribution in [0.3, 0.4) is 0 Å². The number of nitrogens with one attached hydrogen (secondary N) is 1. The van der Waals surface area contributed by atoms with Gasteiger partial charge in [-0.2, -0.15) is 0 Å². The topological polar surface area (TPSA) is 78.7 Å². The number of urea groups is 1. The molecule has 1 saturated heterocycles. The van der Waals surface area contributed by atoms with Gasteiger partial charge in [0.1, 0.15) is 0 Å². The standard InChI is InChI=1S/C18H28N4O2/c1-13(2)16-6-4-15(5-7-16)12-21-8-10-22(11-9-21)14(3)17(23)20-18(19)24/h4-7,13-14H,8-12H2,1-3H3,(H3,19,20,23,24). The van der Waals surface area contributed by atoms with E-state index in [0.717, 1.165) is 32.7 Å². The van der Waals surface area contributed by atoms with Crippen molar-refractivity contribution in [3.63, 3.8) is 0 Å². The zero-order valence-corrected chi connectivity index (χ0v) is 14.8. The Kier molecular flexibility index (Phi) is 6.34. The largest absolute Gasteiger partial charge is 0.351 e. The molecule has 6 nitrogen and oxygen atoms in total. The molecular weight excluding hydrogens is 304 g/mol. The van der Waals surface area contributed by atoms with E-state index in [1.54, 1.807) is 6.92 Å². The summed E-state index contributed by atoms with van der Waals surface area (Å²) in [7, 11) is 0. The zero-order valence-electron chi connectivity index (χ0n) is 14.8.